The van der Waals surface area contributed by atoms with E-state index in [1.54, 1.807) is 0 Å². The summed E-state index contributed by atoms with van der Waals surface area (Å²) in [5.41, 5.74) is 2.73. The van der Waals surface area contributed by atoms with Crippen LogP contribution in [0.1, 0.15) is 5.56 Å². The molecular formula is C12H9F4N3O. The molecule has 0 fully saturated rings. The van der Waals surface area contributed by atoms with E-state index in [4.69, 9.17) is 10.6 Å². The van der Waals surface area contributed by atoms with E-state index in [9.17, 15) is 17.6 Å². The minimum atomic E-state index is -1.59. The molecule has 1 heterocycles. The summed E-state index contributed by atoms with van der Waals surface area (Å²) in [4.78, 5) is 3.82. The van der Waals surface area contributed by atoms with Crippen molar-refractivity contribution in [2.75, 3.05) is 5.43 Å². The topological polar surface area (TPSA) is 60.2 Å². The highest BCUT2D eigenvalue weighted by Crippen LogP contribution is 2.27. The Bertz CT molecular complexity index is 610. The van der Waals surface area contributed by atoms with Gasteiger partial charge < -0.3 is 10.2 Å². The van der Waals surface area contributed by atoms with Crippen molar-refractivity contribution in [2.24, 2.45) is 5.84 Å². The Kier molecular flexibility index (Phi) is 4.04. The molecule has 0 amide bonds. The average molecular weight is 287 g/mol. The Labute approximate surface area is 111 Å². The highest BCUT2D eigenvalue weighted by molar-refractivity contribution is 5.36. The van der Waals surface area contributed by atoms with Crippen LogP contribution in [0.25, 0.3) is 0 Å². The maximum absolute atomic E-state index is 13.3. The number of aromatic nitrogens is 1. The molecule has 0 atom stereocenters. The molecule has 0 saturated heterocycles. The zero-order chi connectivity index (χ0) is 14.7. The number of nitrogens with two attached hydrogens (primary N) is 1. The third kappa shape index (κ3) is 2.80. The number of ether oxygens (including phenoxy) is 1. The molecule has 4 nitrogen and oxygen atoms in total. The number of hydrogen-bond donors (Lipinski definition) is 2. The van der Waals surface area contributed by atoms with Gasteiger partial charge in [0.25, 0.3) is 0 Å². The normalized spacial score (nSPS) is 10.4. The maximum atomic E-state index is 13.3. The minimum absolute atomic E-state index is 0.112. The van der Waals surface area contributed by atoms with E-state index in [0.29, 0.717) is 11.4 Å². The van der Waals surface area contributed by atoms with Gasteiger partial charge in [-0.3, -0.25) is 0 Å². The number of anilines is 1. The Balaban J connectivity index is 2.22. The predicted octanol–water partition coefficient (Wildman–Crippen LogP) is 2.50. The lowest BCUT2D eigenvalue weighted by Gasteiger charge is -2.10. The molecule has 0 saturated carbocycles. The lowest BCUT2D eigenvalue weighted by Crippen LogP contribution is -2.09. The number of benzene rings is 1. The van der Waals surface area contributed by atoms with Crippen molar-refractivity contribution < 1.29 is 22.3 Å². The van der Waals surface area contributed by atoms with Crippen LogP contribution >= 0.6 is 0 Å². The molecule has 0 spiro atoms. The SMILES string of the molecule is NNc1cc(COc2c(F)c(F)cc(F)c2F)ccn1. The zero-order valence-electron chi connectivity index (χ0n) is 9.96. The molecule has 0 aliphatic rings. The van der Waals surface area contributed by atoms with Crippen LogP contribution in [0, 0.1) is 23.3 Å². The summed E-state index contributed by atoms with van der Waals surface area (Å²) < 4.78 is 57.4. The fraction of sp³-hybridized carbons (Fsp3) is 0.0833. The molecule has 0 aliphatic heterocycles. The summed E-state index contributed by atoms with van der Waals surface area (Å²) in [6.45, 7) is -0.312. The number of rotatable bonds is 4. The molecule has 20 heavy (non-hydrogen) atoms. The molecule has 1 aromatic carbocycles. The molecule has 2 aromatic rings. The van der Waals surface area contributed by atoms with E-state index in [1.807, 2.05) is 0 Å². The monoisotopic (exact) mass is 287 g/mol. The molecule has 8 heteroatoms. The summed E-state index contributed by atoms with van der Waals surface area (Å²) in [6, 6.07) is 3.05. The second kappa shape index (κ2) is 5.74. The lowest BCUT2D eigenvalue weighted by atomic mass is 10.2. The van der Waals surface area contributed by atoms with Crippen molar-refractivity contribution in [2.45, 2.75) is 6.61 Å². The third-order valence-electron chi connectivity index (χ3n) is 2.43. The van der Waals surface area contributed by atoms with E-state index in [-0.39, 0.29) is 12.7 Å². The number of nitrogens with one attached hydrogen (secondary N) is 1. The van der Waals surface area contributed by atoms with Crippen LogP contribution in [0.5, 0.6) is 5.75 Å². The lowest BCUT2D eigenvalue weighted by molar-refractivity contribution is 0.261. The van der Waals surface area contributed by atoms with Gasteiger partial charge in [0.1, 0.15) is 12.4 Å². The number of nitrogen functional groups attached to an aromatic ring is 1. The van der Waals surface area contributed by atoms with Crippen molar-refractivity contribution in [1.29, 1.82) is 0 Å². The Morgan fingerprint density at radius 2 is 1.75 bits per heavy atom. The van der Waals surface area contributed by atoms with Gasteiger partial charge in [-0.25, -0.2) is 19.6 Å². The quantitative estimate of drug-likeness (QED) is 0.392. The first kappa shape index (κ1) is 14.1. The van der Waals surface area contributed by atoms with Crippen LogP contribution in [0.4, 0.5) is 23.4 Å². The fourth-order valence-corrected chi connectivity index (χ4v) is 1.48. The van der Waals surface area contributed by atoms with Gasteiger partial charge in [0, 0.05) is 12.3 Å². The first-order valence-corrected chi connectivity index (χ1v) is 5.40. The summed E-state index contributed by atoms with van der Waals surface area (Å²) in [5.74, 6) is -1.90. The van der Waals surface area contributed by atoms with Crippen LogP contribution in [0.15, 0.2) is 24.4 Å². The van der Waals surface area contributed by atoms with Crippen molar-refractivity contribution in [1.82, 2.24) is 4.98 Å². The third-order valence-corrected chi connectivity index (χ3v) is 2.43. The van der Waals surface area contributed by atoms with Gasteiger partial charge in [-0.2, -0.15) is 8.78 Å². The van der Waals surface area contributed by atoms with E-state index in [1.165, 1.54) is 18.3 Å². The Morgan fingerprint density at radius 3 is 2.35 bits per heavy atom. The maximum Gasteiger partial charge on any atom is 0.203 e. The molecule has 0 radical (unpaired) electrons. The van der Waals surface area contributed by atoms with Gasteiger partial charge in [-0.15, -0.1) is 0 Å². The highest BCUT2D eigenvalue weighted by atomic mass is 19.2. The van der Waals surface area contributed by atoms with E-state index in [2.05, 4.69) is 10.4 Å². The van der Waals surface area contributed by atoms with Gasteiger partial charge in [-0.05, 0) is 17.7 Å². The minimum Gasteiger partial charge on any atom is -0.483 e. The van der Waals surface area contributed by atoms with Crippen molar-refractivity contribution in [3.8, 4) is 5.75 Å². The van der Waals surface area contributed by atoms with Crippen LogP contribution in [0.2, 0.25) is 0 Å². The van der Waals surface area contributed by atoms with Crippen LogP contribution in [-0.4, -0.2) is 4.98 Å². The first-order chi connectivity index (χ1) is 9.52. The number of pyridine rings is 1. The molecule has 106 valence electrons. The van der Waals surface area contributed by atoms with Crippen LogP contribution < -0.4 is 16.0 Å². The van der Waals surface area contributed by atoms with Gasteiger partial charge in [-0.1, -0.05) is 0 Å². The molecular weight excluding hydrogens is 278 g/mol. The van der Waals surface area contributed by atoms with Crippen LogP contribution in [0.3, 0.4) is 0 Å². The van der Waals surface area contributed by atoms with Gasteiger partial charge >= 0.3 is 0 Å². The number of nitrogens with zero attached hydrogens (tertiary/aromatic N) is 1. The summed E-state index contributed by atoms with van der Waals surface area (Å²) >= 11 is 0. The second-order valence-electron chi connectivity index (χ2n) is 3.78. The summed E-state index contributed by atoms with van der Waals surface area (Å²) in [7, 11) is 0. The van der Waals surface area contributed by atoms with Crippen LogP contribution in [-0.2, 0) is 6.61 Å². The smallest absolute Gasteiger partial charge is 0.203 e. The Hall–Kier alpha value is -2.35. The molecule has 0 unspecified atom stereocenters. The van der Waals surface area contributed by atoms with E-state index >= 15 is 0 Å². The van der Waals surface area contributed by atoms with Crippen molar-refractivity contribution >= 4 is 5.82 Å². The first-order valence-electron chi connectivity index (χ1n) is 5.40. The fourth-order valence-electron chi connectivity index (χ4n) is 1.48. The molecule has 2 rings (SSSR count). The second-order valence-corrected chi connectivity index (χ2v) is 3.78. The molecule has 0 bridgehead atoms. The average Bonchev–Trinajstić information content (AvgIpc) is 2.45. The van der Waals surface area contributed by atoms with Gasteiger partial charge in [0.15, 0.2) is 17.4 Å². The summed E-state index contributed by atoms with van der Waals surface area (Å²) in [5, 5.41) is 0. The number of hydrazine groups is 1. The summed E-state index contributed by atoms with van der Waals surface area (Å²) in [6.07, 6.45) is 1.38. The standard InChI is InChI=1S/C12H9F4N3O/c13-7-4-8(14)11(16)12(10(7)15)20-5-6-1-2-18-9(3-6)19-17/h1-4H,5,17H2,(H,18,19). The zero-order valence-corrected chi connectivity index (χ0v) is 9.96. The van der Waals surface area contributed by atoms with E-state index in [0.717, 1.165) is 0 Å². The van der Waals surface area contributed by atoms with Crippen molar-refractivity contribution in [3.05, 3.63) is 53.2 Å². The number of hydrogen-bond acceptors (Lipinski definition) is 4. The van der Waals surface area contributed by atoms with Gasteiger partial charge in [0.2, 0.25) is 11.6 Å². The molecule has 3 N–H and O–H groups in total. The van der Waals surface area contributed by atoms with Gasteiger partial charge in [0.05, 0.1) is 0 Å². The van der Waals surface area contributed by atoms with E-state index < -0.39 is 29.0 Å². The van der Waals surface area contributed by atoms with Crippen molar-refractivity contribution in [3.63, 3.8) is 0 Å². The Morgan fingerprint density at radius 1 is 1.10 bits per heavy atom. The number of halogens is 4. The predicted molar refractivity (Wildman–Crippen MR) is 62.7 cm³/mol. The molecule has 0 aliphatic carbocycles. The molecule has 1 aromatic heterocycles. The largest absolute Gasteiger partial charge is 0.483 e. The highest BCUT2D eigenvalue weighted by Gasteiger charge is 2.20.